The maximum absolute atomic E-state index is 3.69. The third-order valence-electron chi connectivity index (χ3n) is 4.10. The zero-order valence-corrected chi connectivity index (χ0v) is 13.5. The van der Waals surface area contributed by atoms with Crippen LogP contribution in [0.5, 0.6) is 0 Å². The van der Waals surface area contributed by atoms with Crippen molar-refractivity contribution in [3.8, 4) is 0 Å². The van der Waals surface area contributed by atoms with E-state index in [0.29, 0.717) is 6.04 Å². The van der Waals surface area contributed by atoms with Crippen LogP contribution >= 0.6 is 11.3 Å². The summed E-state index contributed by atoms with van der Waals surface area (Å²) in [5.74, 6) is 0. The number of hydrogen-bond acceptors (Lipinski definition) is 2. The van der Waals surface area contributed by atoms with Gasteiger partial charge in [-0.2, -0.15) is 0 Å². The molecule has 20 heavy (non-hydrogen) atoms. The second kappa shape index (κ2) is 7.05. The average Bonchev–Trinajstić information content (AvgIpc) is 2.97. The zero-order chi connectivity index (χ0) is 14.4. The van der Waals surface area contributed by atoms with Crippen molar-refractivity contribution >= 4 is 11.3 Å². The molecule has 1 heterocycles. The van der Waals surface area contributed by atoms with Crippen LogP contribution in [0.3, 0.4) is 0 Å². The predicted molar refractivity (Wildman–Crippen MR) is 89.6 cm³/mol. The zero-order valence-electron chi connectivity index (χ0n) is 12.7. The van der Waals surface area contributed by atoms with E-state index >= 15 is 0 Å². The number of nitrogens with one attached hydrogen (secondary N) is 1. The molecule has 1 unspecified atom stereocenters. The molecule has 0 aliphatic rings. The number of likely N-dealkylation sites (N-methyl/N-ethyl adjacent to an activating group) is 1. The molecule has 2 aromatic rings. The fourth-order valence-electron chi connectivity index (χ4n) is 2.77. The van der Waals surface area contributed by atoms with Crippen molar-refractivity contribution in [2.45, 2.75) is 45.1 Å². The van der Waals surface area contributed by atoms with Gasteiger partial charge in [0.2, 0.25) is 0 Å². The number of thiophene rings is 1. The fourth-order valence-corrected chi connectivity index (χ4v) is 3.50. The van der Waals surface area contributed by atoms with E-state index in [0.717, 1.165) is 13.0 Å². The number of rotatable bonds is 7. The third-order valence-corrected chi connectivity index (χ3v) is 5.04. The van der Waals surface area contributed by atoms with Gasteiger partial charge >= 0.3 is 0 Å². The van der Waals surface area contributed by atoms with Crippen molar-refractivity contribution in [3.05, 3.63) is 58.3 Å². The summed E-state index contributed by atoms with van der Waals surface area (Å²) >= 11 is 1.86. The molecule has 1 aromatic carbocycles. The first-order valence-corrected chi connectivity index (χ1v) is 8.34. The highest BCUT2D eigenvalue weighted by Gasteiger charge is 2.30. The van der Waals surface area contributed by atoms with Crippen molar-refractivity contribution in [2.24, 2.45) is 0 Å². The van der Waals surface area contributed by atoms with E-state index in [1.54, 1.807) is 0 Å². The maximum Gasteiger partial charge on any atom is 0.0162 e. The molecule has 1 N–H and O–H groups in total. The number of aryl methyl sites for hydroxylation is 1. The monoisotopic (exact) mass is 287 g/mol. The van der Waals surface area contributed by atoms with Gasteiger partial charge in [0.05, 0.1) is 0 Å². The number of hydrogen-bond donors (Lipinski definition) is 1. The number of benzene rings is 1. The minimum absolute atomic E-state index is 0.147. The van der Waals surface area contributed by atoms with Crippen molar-refractivity contribution in [1.82, 2.24) is 5.32 Å². The molecule has 0 bridgehead atoms. The molecular formula is C18H25NS. The Labute approximate surface area is 127 Å². The average molecular weight is 287 g/mol. The summed E-state index contributed by atoms with van der Waals surface area (Å²) in [6, 6.07) is 15.7. The third kappa shape index (κ3) is 3.71. The van der Waals surface area contributed by atoms with Crippen LogP contribution in [0.15, 0.2) is 47.8 Å². The molecular weight excluding hydrogens is 262 g/mol. The van der Waals surface area contributed by atoms with Gasteiger partial charge in [-0.25, -0.2) is 0 Å². The summed E-state index contributed by atoms with van der Waals surface area (Å²) < 4.78 is 0. The van der Waals surface area contributed by atoms with E-state index in [1.165, 1.54) is 16.9 Å². The van der Waals surface area contributed by atoms with Gasteiger partial charge in [-0.05, 0) is 36.4 Å². The Hall–Kier alpha value is -1.12. The lowest BCUT2D eigenvalue weighted by atomic mass is 9.76. The summed E-state index contributed by atoms with van der Waals surface area (Å²) in [5, 5.41) is 5.86. The van der Waals surface area contributed by atoms with Crippen molar-refractivity contribution in [1.29, 1.82) is 0 Å². The highest BCUT2D eigenvalue weighted by Crippen LogP contribution is 2.30. The van der Waals surface area contributed by atoms with Crippen LogP contribution in [0, 0.1) is 0 Å². The fraction of sp³-hybridized carbons (Fsp3) is 0.444. The van der Waals surface area contributed by atoms with Crippen LogP contribution in [0.25, 0.3) is 0 Å². The van der Waals surface area contributed by atoms with Crippen LogP contribution in [0.4, 0.5) is 0 Å². The first-order chi connectivity index (χ1) is 9.64. The summed E-state index contributed by atoms with van der Waals surface area (Å²) in [6.07, 6.45) is 2.34. The largest absolute Gasteiger partial charge is 0.313 e. The molecule has 1 atom stereocenters. The molecule has 0 radical (unpaired) electrons. The topological polar surface area (TPSA) is 12.0 Å². The Balaban J connectivity index is 2.10. The normalized spacial score (nSPS) is 13.3. The van der Waals surface area contributed by atoms with Crippen LogP contribution in [-0.4, -0.2) is 12.6 Å². The summed E-state index contributed by atoms with van der Waals surface area (Å²) in [4.78, 5) is 1.48. The van der Waals surface area contributed by atoms with Gasteiger partial charge in [-0.3, -0.25) is 0 Å². The molecule has 0 saturated carbocycles. The van der Waals surface area contributed by atoms with Crippen LogP contribution in [0.1, 0.15) is 37.6 Å². The Morgan fingerprint density at radius 3 is 2.45 bits per heavy atom. The van der Waals surface area contributed by atoms with Crippen LogP contribution < -0.4 is 5.32 Å². The smallest absolute Gasteiger partial charge is 0.0162 e. The van der Waals surface area contributed by atoms with Crippen molar-refractivity contribution in [2.75, 3.05) is 6.54 Å². The summed E-state index contributed by atoms with van der Waals surface area (Å²) in [7, 11) is 0. The van der Waals surface area contributed by atoms with E-state index in [-0.39, 0.29) is 5.41 Å². The molecule has 2 heteroatoms. The van der Waals surface area contributed by atoms with Crippen molar-refractivity contribution < 1.29 is 0 Å². The predicted octanol–water partition coefficient (Wildman–Crippen LogP) is 4.64. The maximum atomic E-state index is 3.69. The van der Waals surface area contributed by atoms with Gasteiger partial charge in [0.25, 0.3) is 0 Å². The Morgan fingerprint density at radius 2 is 1.85 bits per heavy atom. The lowest BCUT2D eigenvalue weighted by molar-refractivity contribution is 0.328. The van der Waals surface area contributed by atoms with Gasteiger partial charge in [0.15, 0.2) is 0 Å². The molecule has 108 valence electrons. The van der Waals surface area contributed by atoms with Gasteiger partial charge in [0.1, 0.15) is 0 Å². The summed E-state index contributed by atoms with van der Waals surface area (Å²) in [5.41, 5.74) is 1.56. The second-order valence-electron chi connectivity index (χ2n) is 5.82. The molecule has 0 aliphatic carbocycles. The molecule has 1 nitrogen and oxygen atoms in total. The minimum atomic E-state index is 0.147. The standard InChI is InChI=1S/C18H25NS/c1-4-19-17(13-12-16-11-8-14-20-16)18(2,3)15-9-6-5-7-10-15/h5-11,14,17,19H,4,12-13H2,1-3H3. The Morgan fingerprint density at radius 1 is 1.10 bits per heavy atom. The Kier molecular flexibility index (Phi) is 5.38. The molecule has 2 rings (SSSR count). The molecule has 0 aliphatic heterocycles. The minimum Gasteiger partial charge on any atom is -0.313 e. The van der Waals surface area contributed by atoms with Crippen LogP contribution in [0.2, 0.25) is 0 Å². The van der Waals surface area contributed by atoms with E-state index in [1.807, 2.05) is 11.3 Å². The van der Waals surface area contributed by atoms with Gasteiger partial charge in [-0.15, -0.1) is 11.3 Å². The van der Waals surface area contributed by atoms with Gasteiger partial charge in [-0.1, -0.05) is 57.2 Å². The molecule has 0 spiro atoms. The molecule has 0 saturated heterocycles. The van der Waals surface area contributed by atoms with Crippen LogP contribution in [-0.2, 0) is 11.8 Å². The Bertz CT molecular complexity index is 487. The second-order valence-corrected chi connectivity index (χ2v) is 6.85. The lowest BCUT2D eigenvalue weighted by Crippen LogP contribution is -2.45. The van der Waals surface area contributed by atoms with E-state index in [9.17, 15) is 0 Å². The van der Waals surface area contributed by atoms with E-state index in [2.05, 4.69) is 73.9 Å². The van der Waals surface area contributed by atoms with Crippen molar-refractivity contribution in [3.63, 3.8) is 0 Å². The highest BCUT2D eigenvalue weighted by atomic mass is 32.1. The highest BCUT2D eigenvalue weighted by molar-refractivity contribution is 7.09. The first kappa shape index (κ1) is 15.3. The SMILES string of the molecule is CCNC(CCc1cccs1)C(C)(C)c1ccccc1. The molecule has 1 aromatic heterocycles. The molecule has 0 amide bonds. The quantitative estimate of drug-likeness (QED) is 0.782. The van der Waals surface area contributed by atoms with E-state index < -0.39 is 0 Å². The van der Waals surface area contributed by atoms with E-state index in [4.69, 9.17) is 0 Å². The molecule has 0 fully saturated rings. The lowest BCUT2D eigenvalue weighted by Gasteiger charge is -2.35. The summed E-state index contributed by atoms with van der Waals surface area (Å²) in [6.45, 7) is 7.92. The van der Waals surface area contributed by atoms with Gasteiger partial charge in [0, 0.05) is 16.3 Å². The van der Waals surface area contributed by atoms with Gasteiger partial charge < -0.3 is 5.32 Å². The first-order valence-electron chi connectivity index (χ1n) is 7.46.